The van der Waals surface area contributed by atoms with Gasteiger partial charge in [0.1, 0.15) is 0 Å². The lowest BCUT2D eigenvalue weighted by molar-refractivity contribution is -0.695. The number of nitrogens with two attached hydrogens (primary N) is 1. The van der Waals surface area contributed by atoms with Gasteiger partial charge in [-0.2, -0.15) is 13.2 Å². The van der Waals surface area contributed by atoms with E-state index in [1.165, 1.54) is 12.1 Å². The summed E-state index contributed by atoms with van der Waals surface area (Å²) in [5.41, 5.74) is 0.219. The van der Waals surface area contributed by atoms with E-state index in [2.05, 4.69) is 5.32 Å². The molecule has 0 heterocycles. The van der Waals surface area contributed by atoms with Crippen LogP contribution >= 0.6 is 0 Å². The van der Waals surface area contributed by atoms with E-state index in [1.54, 1.807) is 0 Å². The maximum absolute atomic E-state index is 12.8. The number of anilines is 1. The summed E-state index contributed by atoms with van der Waals surface area (Å²) < 4.78 is 38.4. The second-order valence-electron chi connectivity index (χ2n) is 5.99. The lowest BCUT2D eigenvalue weighted by Crippen LogP contribution is -2.88. The predicted octanol–water partition coefficient (Wildman–Crippen LogP) is 3.11. The fourth-order valence-corrected chi connectivity index (χ4v) is 2.56. The van der Waals surface area contributed by atoms with Crippen molar-refractivity contribution in [2.75, 3.05) is 5.32 Å². The Morgan fingerprint density at radius 1 is 1.08 bits per heavy atom. The maximum Gasteiger partial charge on any atom is 0.416 e. The van der Waals surface area contributed by atoms with E-state index in [1.807, 2.05) is 35.6 Å². The minimum Gasteiger partial charge on any atom is -0.330 e. The van der Waals surface area contributed by atoms with Crippen molar-refractivity contribution in [3.8, 4) is 0 Å². The first kappa shape index (κ1) is 16.5. The van der Waals surface area contributed by atoms with Crippen molar-refractivity contribution >= 4 is 11.6 Å². The van der Waals surface area contributed by atoms with Gasteiger partial charge < -0.3 is 10.6 Å². The Morgan fingerprint density at radius 2 is 1.79 bits per heavy atom. The molecule has 0 bridgehead atoms. The van der Waals surface area contributed by atoms with E-state index in [9.17, 15) is 18.0 Å². The Balaban J connectivity index is 1.78. The first-order valence-electron chi connectivity index (χ1n) is 7.81. The first-order chi connectivity index (χ1) is 11.4. The molecule has 1 saturated carbocycles. The highest BCUT2D eigenvalue weighted by Crippen LogP contribution is 2.30. The maximum atomic E-state index is 12.8. The van der Waals surface area contributed by atoms with Crippen LogP contribution in [0.15, 0.2) is 54.6 Å². The van der Waals surface area contributed by atoms with Crippen molar-refractivity contribution in [3.05, 3.63) is 65.7 Å². The van der Waals surface area contributed by atoms with Crippen LogP contribution in [0.4, 0.5) is 18.9 Å². The Hall–Kier alpha value is -2.34. The Kier molecular flexibility index (Phi) is 4.57. The van der Waals surface area contributed by atoms with E-state index >= 15 is 0 Å². The van der Waals surface area contributed by atoms with E-state index in [0.717, 1.165) is 30.5 Å². The third-order valence-electron chi connectivity index (χ3n) is 3.99. The molecule has 1 aliphatic rings. The number of nitrogens with one attached hydrogen (secondary N) is 1. The highest BCUT2D eigenvalue weighted by atomic mass is 19.4. The van der Waals surface area contributed by atoms with Gasteiger partial charge >= 0.3 is 6.18 Å². The highest BCUT2D eigenvalue weighted by Gasteiger charge is 2.34. The van der Waals surface area contributed by atoms with E-state index < -0.39 is 17.8 Å². The van der Waals surface area contributed by atoms with E-state index in [0.29, 0.717) is 6.04 Å². The van der Waals surface area contributed by atoms with Gasteiger partial charge in [-0.15, -0.1) is 0 Å². The lowest BCUT2D eigenvalue weighted by atomic mass is 10.1. The van der Waals surface area contributed by atoms with Crippen molar-refractivity contribution in [1.29, 1.82) is 0 Å². The first-order valence-corrected chi connectivity index (χ1v) is 7.81. The molecule has 0 aromatic heterocycles. The minimum absolute atomic E-state index is 0.153. The number of hydrogen-bond donors (Lipinski definition) is 2. The molecule has 2 aromatic rings. The standard InChI is InChI=1S/C18H17F3N2O/c19-18(20,21)13-7-4-8-15(11-13)23-17(24)16(22-14-9-10-14)12-5-2-1-3-6-12/h1-8,11,14,16,22H,9-10H2,(H,23,24)/p+1/t16-/m0/s1. The number of hydrogen-bond acceptors (Lipinski definition) is 1. The highest BCUT2D eigenvalue weighted by molar-refractivity contribution is 5.94. The van der Waals surface area contributed by atoms with Crippen molar-refractivity contribution in [3.63, 3.8) is 0 Å². The Morgan fingerprint density at radius 3 is 2.42 bits per heavy atom. The molecule has 2 aromatic carbocycles. The van der Waals surface area contributed by atoms with Crippen LogP contribution < -0.4 is 10.6 Å². The molecule has 3 rings (SSSR count). The summed E-state index contributed by atoms with van der Waals surface area (Å²) in [7, 11) is 0. The number of amides is 1. The van der Waals surface area contributed by atoms with Crippen molar-refractivity contribution < 1.29 is 23.3 Å². The van der Waals surface area contributed by atoms with Gasteiger partial charge in [-0.3, -0.25) is 4.79 Å². The topological polar surface area (TPSA) is 45.7 Å². The largest absolute Gasteiger partial charge is 0.416 e. The van der Waals surface area contributed by atoms with Gasteiger partial charge in [0.15, 0.2) is 6.04 Å². The normalized spacial score (nSPS) is 15.8. The fraction of sp³-hybridized carbons (Fsp3) is 0.278. The van der Waals surface area contributed by atoms with Gasteiger partial charge in [0.25, 0.3) is 5.91 Å². The summed E-state index contributed by atoms with van der Waals surface area (Å²) in [6.07, 6.45) is -2.32. The molecule has 1 aliphatic carbocycles. The van der Waals surface area contributed by atoms with Gasteiger partial charge in [-0.1, -0.05) is 36.4 Å². The summed E-state index contributed by atoms with van der Waals surface area (Å²) in [6, 6.07) is 13.9. The molecule has 6 heteroatoms. The van der Waals surface area contributed by atoms with Crippen LogP contribution in [0.5, 0.6) is 0 Å². The number of carbonyl (C=O) groups excluding carboxylic acids is 1. The number of halogens is 3. The molecule has 1 atom stereocenters. The van der Waals surface area contributed by atoms with Crippen molar-refractivity contribution in [1.82, 2.24) is 0 Å². The van der Waals surface area contributed by atoms with Gasteiger partial charge in [-0.25, -0.2) is 0 Å². The SMILES string of the molecule is O=C(Nc1cccc(C(F)(F)F)c1)[C@@H]([NH2+]C1CC1)c1ccccc1. The van der Waals surface area contributed by atoms with Crippen molar-refractivity contribution in [2.45, 2.75) is 31.1 Å². The molecule has 126 valence electrons. The Labute approximate surface area is 137 Å². The smallest absolute Gasteiger partial charge is 0.330 e. The fourth-order valence-electron chi connectivity index (χ4n) is 2.56. The van der Waals surface area contributed by atoms with Crippen LogP contribution in [-0.2, 0) is 11.0 Å². The zero-order valence-corrected chi connectivity index (χ0v) is 12.9. The number of quaternary nitrogens is 1. The zero-order chi connectivity index (χ0) is 17.2. The molecule has 0 unspecified atom stereocenters. The lowest BCUT2D eigenvalue weighted by Gasteiger charge is -2.16. The van der Waals surface area contributed by atoms with Crippen molar-refractivity contribution in [2.24, 2.45) is 0 Å². The second kappa shape index (κ2) is 6.65. The van der Waals surface area contributed by atoms with E-state index in [4.69, 9.17) is 0 Å². The van der Waals surface area contributed by atoms with Crippen LogP contribution in [0, 0.1) is 0 Å². The van der Waals surface area contributed by atoms with E-state index in [-0.39, 0.29) is 11.6 Å². The summed E-state index contributed by atoms with van der Waals surface area (Å²) in [6.45, 7) is 0. The molecule has 0 aliphatic heterocycles. The molecule has 1 amide bonds. The molecule has 3 nitrogen and oxygen atoms in total. The molecule has 1 fully saturated rings. The number of benzene rings is 2. The molecule has 0 saturated heterocycles. The van der Waals surface area contributed by atoms with Crippen LogP contribution in [0.1, 0.15) is 30.0 Å². The average molecular weight is 335 g/mol. The Bertz CT molecular complexity index is 712. The summed E-state index contributed by atoms with van der Waals surface area (Å²) in [5, 5.41) is 4.60. The molecular formula is C18H18F3N2O+. The number of carbonyl (C=O) groups is 1. The average Bonchev–Trinajstić information content (AvgIpc) is 3.37. The monoisotopic (exact) mass is 335 g/mol. The quantitative estimate of drug-likeness (QED) is 0.866. The van der Waals surface area contributed by atoms with Gasteiger partial charge in [-0.05, 0) is 18.2 Å². The number of rotatable bonds is 5. The van der Waals surface area contributed by atoms with Gasteiger partial charge in [0, 0.05) is 24.1 Å². The summed E-state index contributed by atoms with van der Waals surface area (Å²) in [5.74, 6) is -0.313. The number of alkyl halides is 3. The van der Waals surface area contributed by atoms with Crippen LogP contribution in [0.2, 0.25) is 0 Å². The molecule has 0 spiro atoms. The molecule has 24 heavy (non-hydrogen) atoms. The van der Waals surface area contributed by atoms with Crippen LogP contribution in [-0.4, -0.2) is 11.9 Å². The van der Waals surface area contributed by atoms with Gasteiger partial charge in [0.05, 0.1) is 11.6 Å². The third kappa shape index (κ3) is 4.14. The van der Waals surface area contributed by atoms with Crippen LogP contribution in [0.3, 0.4) is 0 Å². The molecule has 3 N–H and O–H groups in total. The van der Waals surface area contributed by atoms with Gasteiger partial charge in [0.2, 0.25) is 0 Å². The third-order valence-corrected chi connectivity index (χ3v) is 3.99. The summed E-state index contributed by atoms with van der Waals surface area (Å²) >= 11 is 0. The predicted molar refractivity (Wildman–Crippen MR) is 84.2 cm³/mol. The molecule has 0 radical (unpaired) electrons. The van der Waals surface area contributed by atoms with Crippen LogP contribution in [0.25, 0.3) is 0 Å². The minimum atomic E-state index is -4.43. The zero-order valence-electron chi connectivity index (χ0n) is 12.9. The second-order valence-corrected chi connectivity index (χ2v) is 5.99. The summed E-state index contributed by atoms with van der Waals surface area (Å²) in [4.78, 5) is 12.6. The molecular weight excluding hydrogens is 317 g/mol.